The van der Waals surface area contributed by atoms with Gasteiger partial charge >= 0.3 is 0 Å². The van der Waals surface area contributed by atoms with Crippen molar-refractivity contribution < 1.29 is 9.47 Å². The van der Waals surface area contributed by atoms with Gasteiger partial charge in [-0.3, -0.25) is 0 Å². The smallest absolute Gasteiger partial charge is 0.0777 e. The summed E-state index contributed by atoms with van der Waals surface area (Å²) in [6, 6.07) is 0.218. The van der Waals surface area contributed by atoms with Crippen molar-refractivity contribution >= 4 is 0 Å². The van der Waals surface area contributed by atoms with E-state index in [1.807, 2.05) is 7.11 Å². The molecule has 2 fully saturated rings. The van der Waals surface area contributed by atoms with Crippen LogP contribution in [0.1, 0.15) is 19.8 Å². The van der Waals surface area contributed by atoms with Crippen LogP contribution in [0.4, 0.5) is 0 Å². The minimum atomic E-state index is 0.0296. The maximum atomic E-state index is 6.01. The molecule has 2 rings (SSSR count). The molecule has 0 radical (unpaired) electrons. The Hall–Kier alpha value is -0.160. The first-order chi connectivity index (χ1) is 7.63. The lowest BCUT2D eigenvalue weighted by atomic mass is 9.93. The van der Waals surface area contributed by atoms with Gasteiger partial charge in [-0.05, 0) is 26.3 Å². The fourth-order valence-electron chi connectivity index (χ4n) is 2.77. The van der Waals surface area contributed by atoms with Gasteiger partial charge in [-0.25, -0.2) is 0 Å². The molecule has 2 heterocycles. The predicted molar refractivity (Wildman–Crippen MR) is 63.4 cm³/mol. The molecule has 2 aliphatic rings. The zero-order valence-electron chi connectivity index (χ0n) is 10.4. The van der Waals surface area contributed by atoms with Crippen LogP contribution in [0.25, 0.3) is 0 Å². The van der Waals surface area contributed by atoms with Crippen LogP contribution in [-0.2, 0) is 9.47 Å². The third-order valence-corrected chi connectivity index (χ3v) is 3.97. The number of hydrogen-bond acceptors (Lipinski definition) is 4. The van der Waals surface area contributed by atoms with E-state index in [9.17, 15) is 0 Å². The molecular weight excluding hydrogens is 204 g/mol. The Morgan fingerprint density at radius 3 is 2.94 bits per heavy atom. The number of hydrogen-bond donors (Lipinski definition) is 1. The largest absolute Gasteiger partial charge is 0.379 e. The molecule has 0 aromatic heterocycles. The average molecular weight is 228 g/mol. The highest BCUT2D eigenvalue weighted by molar-refractivity contribution is 4.88. The quantitative estimate of drug-likeness (QED) is 0.762. The number of methoxy groups -OCH3 is 1. The molecule has 0 aliphatic carbocycles. The summed E-state index contributed by atoms with van der Waals surface area (Å²) in [5.41, 5.74) is 6.04. The van der Waals surface area contributed by atoms with E-state index in [0.717, 1.165) is 32.7 Å². The number of nitrogens with zero attached hydrogens (tertiary/aromatic N) is 1. The van der Waals surface area contributed by atoms with Gasteiger partial charge in [0.2, 0.25) is 0 Å². The molecule has 4 nitrogen and oxygen atoms in total. The Morgan fingerprint density at radius 1 is 1.50 bits per heavy atom. The van der Waals surface area contributed by atoms with Crippen molar-refractivity contribution in [3.8, 4) is 0 Å². The molecule has 16 heavy (non-hydrogen) atoms. The highest BCUT2D eigenvalue weighted by Crippen LogP contribution is 2.25. The second kappa shape index (κ2) is 5.00. The Labute approximate surface area is 98.1 Å². The number of nitrogens with two attached hydrogens (primary N) is 1. The van der Waals surface area contributed by atoms with Gasteiger partial charge in [-0.2, -0.15) is 0 Å². The van der Waals surface area contributed by atoms with Gasteiger partial charge < -0.3 is 20.1 Å². The molecule has 0 amide bonds. The third kappa shape index (κ3) is 2.74. The lowest BCUT2D eigenvalue weighted by Crippen LogP contribution is -2.50. The van der Waals surface area contributed by atoms with Gasteiger partial charge in [0.15, 0.2) is 0 Å². The summed E-state index contributed by atoms with van der Waals surface area (Å²) in [6.45, 7) is 6.99. The van der Waals surface area contributed by atoms with E-state index in [-0.39, 0.29) is 11.6 Å². The highest BCUT2D eigenvalue weighted by atomic mass is 16.5. The molecule has 0 aromatic carbocycles. The van der Waals surface area contributed by atoms with Crippen molar-refractivity contribution in [3.05, 3.63) is 0 Å². The normalized spacial score (nSPS) is 41.4. The highest BCUT2D eigenvalue weighted by Gasteiger charge is 2.33. The van der Waals surface area contributed by atoms with E-state index in [1.165, 1.54) is 13.0 Å². The summed E-state index contributed by atoms with van der Waals surface area (Å²) in [6.07, 6.45) is 2.38. The molecule has 94 valence electrons. The van der Waals surface area contributed by atoms with E-state index < -0.39 is 0 Å². The number of piperidine rings is 1. The topological polar surface area (TPSA) is 47.7 Å². The van der Waals surface area contributed by atoms with Gasteiger partial charge in [0.1, 0.15) is 0 Å². The first kappa shape index (κ1) is 12.3. The van der Waals surface area contributed by atoms with Crippen LogP contribution in [0.15, 0.2) is 0 Å². The molecule has 0 aromatic rings. The van der Waals surface area contributed by atoms with Gasteiger partial charge in [-0.1, -0.05) is 0 Å². The van der Waals surface area contributed by atoms with Crippen molar-refractivity contribution in [2.45, 2.75) is 31.4 Å². The monoisotopic (exact) mass is 228 g/mol. The standard InChI is InChI=1S/C12H24N2O2/c1-12(15-2)4-3-5-14(9-12)6-10-7-16-8-11(10)13/h10-11H,3-9,13H2,1-2H3. The minimum absolute atomic E-state index is 0.0296. The van der Waals surface area contributed by atoms with Gasteiger partial charge in [0.25, 0.3) is 0 Å². The third-order valence-electron chi connectivity index (χ3n) is 3.97. The molecule has 4 heteroatoms. The molecule has 2 aliphatic heterocycles. The van der Waals surface area contributed by atoms with Gasteiger partial charge in [0, 0.05) is 32.2 Å². The van der Waals surface area contributed by atoms with E-state index in [0.29, 0.717) is 5.92 Å². The van der Waals surface area contributed by atoms with Crippen molar-refractivity contribution in [1.82, 2.24) is 4.90 Å². The number of likely N-dealkylation sites (tertiary alicyclic amines) is 1. The Kier molecular flexibility index (Phi) is 3.85. The summed E-state index contributed by atoms with van der Waals surface area (Å²) in [4.78, 5) is 2.48. The van der Waals surface area contributed by atoms with Crippen molar-refractivity contribution in [2.75, 3.05) is 40.0 Å². The number of ether oxygens (including phenoxy) is 2. The second-order valence-electron chi connectivity index (χ2n) is 5.45. The van der Waals surface area contributed by atoms with E-state index in [2.05, 4.69) is 11.8 Å². The van der Waals surface area contributed by atoms with E-state index in [4.69, 9.17) is 15.2 Å². The average Bonchev–Trinajstić information content (AvgIpc) is 2.65. The summed E-state index contributed by atoms with van der Waals surface area (Å²) in [7, 11) is 1.81. The summed E-state index contributed by atoms with van der Waals surface area (Å²) in [5.74, 6) is 0.499. The van der Waals surface area contributed by atoms with Crippen molar-refractivity contribution in [1.29, 1.82) is 0 Å². The zero-order chi connectivity index (χ0) is 11.6. The maximum Gasteiger partial charge on any atom is 0.0777 e. The fraction of sp³-hybridized carbons (Fsp3) is 1.00. The van der Waals surface area contributed by atoms with Gasteiger partial charge in [-0.15, -0.1) is 0 Å². The van der Waals surface area contributed by atoms with Crippen LogP contribution < -0.4 is 5.73 Å². The second-order valence-corrected chi connectivity index (χ2v) is 5.45. The Morgan fingerprint density at radius 2 is 2.31 bits per heavy atom. The molecule has 3 unspecified atom stereocenters. The molecular formula is C12H24N2O2. The molecule has 3 atom stereocenters. The first-order valence-corrected chi connectivity index (χ1v) is 6.24. The molecule has 0 spiro atoms. The summed E-state index contributed by atoms with van der Waals surface area (Å²) >= 11 is 0. The summed E-state index contributed by atoms with van der Waals surface area (Å²) < 4.78 is 11.0. The van der Waals surface area contributed by atoms with Crippen molar-refractivity contribution in [3.63, 3.8) is 0 Å². The van der Waals surface area contributed by atoms with E-state index >= 15 is 0 Å². The maximum absolute atomic E-state index is 6.01. The Balaban J connectivity index is 1.85. The molecule has 2 saturated heterocycles. The zero-order valence-corrected chi connectivity index (χ0v) is 10.4. The van der Waals surface area contributed by atoms with Crippen LogP contribution in [0.2, 0.25) is 0 Å². The van der Waals surface area contributed by atoms with Crippen LogP contribution in [0.3, 0.4) is 0 Å². The molecule has 0 saturated carbocycles. The lowest BCUT2D eigenvalue weighted by molar-refractivity contribution is -0.0540. The van der Waals surface area contributed by atoms with Gasteiger partial charge in [0.05, 0.1) is 18.8 Å². The van der Waals surface area contributed by atoms with Crippen LogP contribution in [0, 0.1) is 5.92 Å². The molecule has 2 N–H and O–H groups in total. The van der Waals surface area contributed by atoms with Crippen molar-refractivity contribution in [2.24, 2.45) is 11.7 Å². The van der Waals surface area contributed by atoms with Crippen LogP contribution >= 0.6 is 0 Å². The first-order valence-electron chi connectivity index (χ1n) is 6.24. The van der Waals surface area contributed by atoms with Crippen LogP contribution in [0.5, 0.6) is 0 Å². The number of rotatable bonds is 3. The fourth-order valence-corrected chi connectivity index (χ4v) is 2.77. The molecule has 0 bridgehead atoms. The Bertz CT molecular complexity index is 237. The van der Waals surface area contributed by atoms with E-state index in [1.54, 1.807) is 0 Å². The lowest BCUT2D eigenvalue weighted by Gasteiger charge is -2.40. The SMILES string of the molecule is COC1(C)CCCN(CC2COCC2N)C1. The minimum Gasteiger partial charge on any atom is -0.379 e. The summed E-state index contributed by atoms with van der Waals surface area (Å²) in [5, 5.41) is 0. The van der Waals surface area contributed by atoms with Crippen LogP contribution in [-0.4, -0.2) is 56.5 Å². The predicted octanol–water partition coefficient (Wildman–Crippen LogP) is 0.461.